The molecule has 0 atom stereocenters. The van der Waals surface area contributed by atoms with Gasteiger partial charge in [-0.2, -0.15) is 0 Å². The monoisotopic (exact) mass is 373 g/mol. The van der Waals surface area contributed by atoms with Crippen LogP contribution in [0, 0.1) is 6.92 Å². The molecule has 0 unspecified atom stereocenters. The topological polar surface area (TPSA) is 62.7 Å². The fourth-order valence-electron chi connectivity index (χ4n) is 2.89. The molecule has 2 aromatic rings. The largest absolute Gasteiger partial charge is 0.474 e. The summed E-state index contributed by atoms with van der Waals surface area (Å²) in [6, 6.07) is 7.32. The average Bonchev–Trinajstić information content (AvgIpc) is 3.08. The van der Waals surface area contributed by atoms with Crippen LogP contribution in [0.15, 0.2) is 30.5 Å². The summed E-state index contributed by atoms with van der Waals surface area (Å²) in [5, 5.41) is 0. The second-order valence-corrected chi connectivity index (χ2v) is 7.89. The van der Waals surface area contributed by atoms with E-state index in [4.69, 9.17) is 4.74 Å². The number of thiophene rings is 1. The Balaban J connectivity index is 1.52. The van der Waals surface area contributed by atoms with E-state index >= 15 is 0 Å². The van der Waals surface area contributed by atoms with Crippen LogP contribution in [-0.4, -0.2) is 59.9 Å². The molecule has 2 aromatic heterocycles. The van der Waals surface area contributed by atoms with Crippen molar-refractivity contribution in [2.24, 2.45) is 0 Å². The van der Waals surface area contributed by atoms with E-state index in [2.05, 4.69) is 4.98 Å². The summed E-state index contributed by atoms with van der Waals surface area (Å²) >= 11 is 1.54. The average molecular weight is 373 g/mol. The maximum atomic E-state index is 12.5. The van der Waals surface area contributed by atoms with Gasteiger partial charge in [0, 0.05) is 57.2 Å². The van der Waals surface area contributed by atoms with Crippen molar-refractivity contribution in [2.75, 3.05) is 27.2 Å². The molecule has 0 bridgehead atoms. The first-order valence-electron chi connectivity index (χ1n) is 8.64. The van der Waals surface area contributed by atoms with Crippen LogP contribution in [0.3, 0.4) is 0 Å². The summed E-state index contributed by atoms with van der Waals surface area (Å²) in [6.07, 6.45) is 3.12. The summed E-state index contributed by atoms with van der Waals surface area (Å²) in [5.74, 6) is 0.532. The molecule has 3 rings (SSSR count). The summed E-state index contributed by atoms with van der Waals surface area (Å²) in [4.78, 5) is 33.9. The summed E-state index contributed by atoms with van der Waals surface area (Å²) in [7, 11) is 3.42. The number of ether oxygens (including phenoxy) is 1. The summed E-state index contributed by atoms with van der Waals surface area (Å²) in [6.45, 7) is 3.36. The van der Waals surface area contributed by atoms with E-state index in [9.17, 15) is 9.59 Å². The second kappa shape index (κ2) is 7.86. The molecule has 0 aromatic carbocycles. The molecule has 0 radical (unpaired) electrons. The summed E-state index contributed by atoms with van der Waals surface area (Å²) < 4.78 is 5.92. The Morgan fingerprint density at radius 3 is 2.46 bits per heavy atom. The lowest BCUT2D eigenvalue weighted by Crippen LogP contribution is -2.41. The van der Waals surface area contributed by atoms with Gasteiger partial charge in [0.1, 0.15) is 6.10 Å². The molecular weight excluding hydrogens is 350 g/mol. The lowest BCUT2D eigenvalue weighted by Gasteiger charge is -2.31. The Kier molecular flexibility index (Phi) is 5.56. The first-order chi connectivity index (χ1) is 12.4. The van der Waals surface area contributed by atoms with E-state index in [1.807, 2.05) is 24.0 Å². The van der Waals surface area contributed by atoms with Gasteiger partial charge in [-0.05, 0) is 25.1 Å². The number of piperidine rings is 1. The molecule has 3 heterocycles. The van der Waals surface area contributed by atoms with E-state index in [-0.39, 0.29) is 17.9 Å². The molecule has 0 spiro atoms. The molecular formula is C19H23N3O3S. The van der Waals surface area contributed by atoms with Gasteiger partial charge in [0.2, 0.25) is 5.88 Å². The zero-order chi connectivity index (χ0) is 18.7. The van der Waals surface area contributed by atoms with Crippen molar-refractivity contribution in [2.45, 2.75) is 25.9 Å². The van der Waals surface area contributed by atoms with Gasteiger partial charge in [-0.25, -0.2) is 4.98 Å². The molecule has 26 heavy (non-hydrogen) atoms. The van der Waals surface area contributed by atoms with Crippen molar-refractivity contribution >= 4 is 23.2 Å². The number of hydrogen-bond donors (Lipinski definition) is 0. The number of amides is 2. The molecule has 0 N–H and O–H groups in total. The lowest BCUT2D eigenvalue weighted by atomic mass is 10.1. The van der Waals surface area contributed by atoms with Crippen molar-refractivity contribution < 1.29 is 14.3 Å². The lowest BCUT2D eigenvalue weighted by molar-refractivity contribution is 0.0592. The number of likely N-dealkylation sites (tertiary alicyclic amines) is 1. The van der Waals surface area contributed by atoms with Crippen molar-refractivity contribution in [3.8, 4) is 5.88 Å². The van der Waals surface area contributed by atoms with Gasteiger partial charge in [0.15, 0.2) is 0 Å². The normalized spacial score (nSPS) is 15.0. The Labute approximate surface area is 157 Å². The smallest absolute Gasteiger partial charge is 0.263 e. The number of rotatable bonds is 4. The molecule has 1 aliphatic rings. The predicted molar refractivity (Wildman–Crippen MR) is 101 cm³/mol. The molecule has 138 valence electrons. The highest BCUT2D eigenvalue weighted by Gasteiger charge is 2.25. The van der Waals surface area contributed by atoms with Crippen LogP contribution in [0.2, 0.25) is 0 Å². The Hall–Kier alpha value is -2.41. The molecule has 1 aliphatic heterocycles. The van der Waals surface area contributed by atoms with Crippen LogP contribution >= 0.6 is 11.3 Å². The minimum Gasteiger partial charge on any atom is -0.474 e. The van der Waals surface area contributed by atoms with Gasteiger partial charge in [-0.15, -0.1) is 11.3 Å². The maximum Gasteiger partial charge on any atom is 0.263 e. The molecule has 7 heteroatoms. The molecule has 6 nitrogen and oxygen atoms in total. The van der Waals surface area contributed by atoms with Crippen LogP contribution in [0.1, 0.15) is 37.7 Å². The summed E-state index contributed by atoms with van der Waals surface area (Å²) in [5.41, 5.74) is 0.536. The number of nitrogens with zero attached hydrogens (tertiary/aromatic N) is 3. The number of aromatic nitrogens is 1. The second-order valence-electron chi connectivity index (χ2n) is 6.60. The SMILES string of the molecule is Cc1ccc(C(=O)N2CCC(Oc3ccc(C(=O)N(C)C)cn3)CC2)s1. The maximum absolute atomic E-state index is 12.5. The predicted octanol–water partition coefficient (Wildman–Crippen LogP) is 2.84. The number of carbonyl (C=O) groups is 2. The Bertz CT molecular complexity index is 778. The molecule has 1 saturated heterocycles. The fraction of sp³-hybridized carbons (Fsp3) is 0.421. The van der Waals surface area contributed by atoms with Crippen LogP contribution in [-0.2, 0) is 0 Å². The Morgan fingerprint density at radius 1 is 1.19 bits per heavy atom. The first-order valence-corrected chi connectivity index (χ1v) is 9.46. The van der Waals surface area contributed by atoms with Crippen LogP contribution in [0.4, 0.5) is 0 Å². The number of hydrogen-bond acceptors (Lipinski definition) is 5. The quantitative estimate of drug-likeness (QED) is 0.827. The van der Waals surface area contributed by atoms with Gasteiger partial charge >= 0.3 is 0 Å². The minimum absolute atomic E-state index is 0.0343. The molecule has 0 aliphatic carbocycles. The van der Waals surface area contributed by atoms with Crippen molar-refractivity contribution in [3.63, 3.8) is 0 Å². The van der Waals surface area contributed by atoms with E-state index in [0.717, 1.165) is 22.6 Å². The Morgan fingerprint density at radius 2 is 1.92 bits per heavy atom. The minimum atomic E-state index is -0.0836. The third kappa shape index (κ3) is 4.22. The highest BCUT2D eigenvalue weighted by atomic mass is 32.1. The van der Waals surface area contributed by atoms with Crippen molar-refractivity contribution in [3.05, 3.63) is 45.8 Å². The number of pyridine rings is 1. The van der Waals surface area contributed by atoms with Crippen LogP contribution < -0.4 is 4.74 Å². The van der Waals surface area contributed by atoms with Crippen LogP contribution in [0.5, 0.6) is 5.88 Å². The third-order valence-corrected chi connectivity index (χ3v) is 5.35. The van der Waals surface area contributed by atoms with E-state index < -0.39 is 0 Å². The van der Waals surface area contributed by atoms with E-state index in [1.165, 1.54) is 22.4 Å². The van der Waals surface area contributed by atoms with Gasteiger partial charge in [0.05, 0.1) is 10.4 Å². The zero-order valence-electron chi connectivity index (χ0n) is 15.3. The van der Waals surface area contributed by atoms with Gasteiger partial charge in [-0.3, -0.25) is 9.59 Å². The van der Waals surface area contributed by atoms with Gasteiger partial charge < -0.3 is 14.5 Å². The highest BCUT2D eigenvalue weighted by molar-refractivity contribution is 7.13. The number of aryl methyl sites for hydroxylation is 1. The molecule has 0 saturated carbocycles. The van der Waals surface area contributed by atoms with Gasteiger partial charge in [0.25, 0.3) is 11.8 Å². The first kappa shape index (κ1) is 18.4. The van der Waals surface area contributed by atoms with Crippen LogP contribution in [0.25, 0.3) is 0 Å². The van der Waals surface area contributed by atoms with Crippen molar-refractivity contribution in [1.82, 2.24) is 14.8 Å². The zero-order valence-corrected chi connectivity index (χ0v) is 16.1. The van der Waals surface area contributed by atoms with Gasteiger partial charge in [-0.1, -0.05) is 0 Å². The van der Waals surface area contributed by atoms with E-state index in [1.54, 1.807) is 26.2 Å². The molecule has 1 fully saturated rings. The van der Waals surface area contributed by atoms with Crippen molar-refractivity contribution in [1.29, 1.82) is 0 Å². The molecule has 2 amide bonds. The standard InChI is InChI=1S/C19H23N3O3S/c1-13-4-6-16(26-13)19(24)22-10-8-15(9-11-22)25-17-7-5-14(12-20-17)18(23)21(2)3/h4-7,12,15H,8-11H2,1-3H3. The fourth-order valence-corrected chi connectivity index (χ4v) is 3.72. The highest BCUT2D eigenvalue weighted by Crippen LogP contribution is 2.22. The third-order valence-electron chi connectivity index (χ3n) is 4.36. The van der Waals surface area contributed by atoms with E-state index in [0.29, 0.717) is 24.5 Å². The number of carbonyl (C=O) groups excluding carboxylic acids is 2.